The van der Waals surface area contributed by atoms with Crippen molar-refractivity contribution >= 4 is 11.4 Å². The van der Waals surface area contributed by atoms with Gasteiger partial charge in [-0.1, -0.05) is 43.3 Å². The second-order valence-corrected chi connectivity index (χ2v) is 4.98. The van der Waals surface area contributed by atoms with E-state index in [0.717, 1.165) is 19.5 Å². The van der Waals surface area contributed by atoms with Crippen molar-refractivity contribution in [3.63, 3.8) is 0 Å². The van der Waals surface area contributed by atoms with E-state index in [0.29, 0.717) is 5.92 Å². The van der Waals surface area contributed by atoms with E-state index in [9.17, 15) is 0 Å². The molecule has 0 spiro atoms. The maximum Gasteiger partial charge on any atom is 0.111 e. The highest BCUT2D eigenvalue weighted by molar-refractivity contribution is 5.90. The molecule has 0 amide bonds. The van der Waals surface area contributed by atoms with Gasteiger partial charge in [-0.2, -0.15) is 0 Å². The Kier molecular flexibility index (Phi) is 5.16. The molecular weight excluding hydrogens is 244 g/mol. The Bertz CT molecular complexity index is 507. The fourth-order valence-corrected chi connectivity index (χ4v) is 2.62. The number of hydrogen-bond acceptors (Lipinski definition) is 2. The van der Waals surface area contributed by atoms with Gasteiger partial charge in [0.2, 0.25) is 0 Å². The van der Waals surface area contributed by atoms with Crippen molar-refractivity contribution in [3.8, 4) is 0 Å². The van der Waals surface area contributed by atoms with Gasteiger partial charge < -0.3 is 4.90 Å². The first-order chi connectivity index (χ1) is 9.80. The summed E-state index contributed by atoms with van der Waals surface area (Å²) in [7, 11) is 0. The van der Waals surface area contributed by atoms with Gasteiger partial charge in [-0.25, -0.2) is 4.99 Å². The Morgan fingerprint density at radius 1 is 1.05 bits per heavy atom. The van der Waals surface area contributed by atoms with E-state index in [1.807, 2.05) is 6.20 Å². The maximum atomic E-state index is 4.70. The average Bonchev–Trinajstić information content (AvgIpc) is 2.72. The van der Waals surface area contributed by atoms with Gasteiger partial charge in [0.25, 0.3) is 0 Å². The van der Waals surface area contributed by atoms with Crippen LogP contribution in [0.15, 0.2) is 53.7 Å². The number of rotatable bonds is 4. The lowest BCUT2D eigenvalue weighted by molar-refractivity contribution is 0.441. The molecule has 1 aliphatic heterocycles. The number of hydrogen-bond donors (Lipinski definition) is 0. The molecule has 0 saturated heterocycles. The van der Waals surface area contributed by atoms with E-state index in [2.05, 4.69) is 68.2 Å². The zero-order valence-electron chi connectivity index (χ0n) is 12.7. The van der Waals surface area contributed by atoms with Crippen LogP contribution in [-0.2, 0) is 0 Å². The van der Waals surface area contributed by atoms with E-state index < -0.39 is 0 Å². The predicted molar refractivity (Wildman–Crippen MR) is 87.7 cm³/mol. The summed E-state index contributed by atoms with van der Waals surface area (Å²) in [6.07, 6.45) is 7.50. The molecule has 1 atom stereocenters. The first kappa shape index (κ1) is 14.6. The van der Waals surface area contributed by atoms with Crippen molar-refractivity contribution < 1.29 is 0 Å². The first-order valence-corrected chi connectivity index (χ1v) is 7.56. The van der Waals surface area contributed by atoms with Gasteiger partial charge >= 0.3 is 0 Å². The molecule has 0 aliphatic carbocycles. The van der Waals surface area contributed by atoms with E-state index >= 15 is 0 Å². The van der Waals surface area contributed by atoms with Gasteiger partial charge in [0.1, 0.15) is 5.84 Å². The highest BCUT2D eigenvalue weighted by Gasteiger charge is 2.18. The maximum absolute atomic E-state index is 4.70. The van der Waals surface area contributed by atoms with Crippen LogP contribution in [0.1, 0.15) is 32.8 Å². The van der Waals surface area contributed by atoms with E-state index in [4.69, 9.17) is 4.99 Å². The van der Waals surface area contributed by atoms with Crippen molar-refractivity contribution in [3.05, 3.63) is 54.2 Å². The quantitative estimate of drug-likeness (QED) is 0.792. The van der Waals surface area contributed by atoms with E-state index in [1.54, 1.807) is 0 Å². The van der Waals surface area contributed by atoms with Gasteiger partial charge in [-0.05, 0) is 37.5 Å². The van der Waals surface area contributed by atoms with Gasteiger partial charge in [0, 0.05) is 25.2 Å². The van der Waals surface area contributed by atoms with Crippen LogP contribution in [0, 0.1) is 5.92 Å². The summed E-state index contributed by atoms with van der Waals surface area (Å²) in [4.78, 5) is 7.05. The molecule has 0 saturated carbocycles. The number of aliphatic imine (C=N–C) groups is 1. The molecule has 2 nitrogen and oxygen atoms in total. The minimum atomic E-state index is 0.389. The van der Waals surface area contributed by atoms with Crippen molar-refractivity contribution in [1.29, 1.82) is 0 Å². The standard InChI is InChI=1S/C18H24N2/c1-4-15-14-17(16-10-8-7-9-11-16)12-13-19-18(15)20(5-2)6-3/h7-15H,4-6H2,1-3H3/t15-/m1/s1. The molecule has 0 N–H and O–H groups in total. The van der Waals surface area contributed by atoms with Crippen LogP contribution in [0.3, 0.4) is 0 Å². The van der Waals surface area contributed by atoms with Crippen molar-refractivity contribution in [1.82, 2.24) is 4.90 Å². The first-order valence-electron chi connectivity index (χ1n) is 7.56. The molecule has 2 heteroatoms. The molecule has 2 rings (SSSR count). The molecular formula is C18H24N2. The number of nitrogens with zero attached hydrogens (tertiary/aromatic N) is 2. The zero-order chi connectivity index (χ0) is 14.4. The average molecular weight is 268 g/mol. The Balaban J connectivity index is 2.33. The fraction of sp³-hybridized carbons (Fsp3) is 0.389. The lowest BCUT2D eigenvalue weighted by atomic mass is 9.97. The lowest BCUT2D eigenvalue weighted by Gasteiger charge is -2.26. The Morgan fingerprint density at radius 3 is 2.35 bits per heavy atom. The Hall–Kier alpha value is -1.83. The smallest absolute Gasteiger partial charge is 0.111 e. The summed E-state index contributed by atoms with van der Waals surface area (Å²) in [5.41, 5.74) is 2.53. The fourth-order valence-electron chi connectivity index (χ4n) is 2.62. The highest BCUT2D eigenvalue weighted by atomic mass is 15.2. The molecule has 20 heavy (non-hydrogen) atoms. The second-order valence-electron chi connectivity index (χ2n) is 4.98. The van der Waals surface area contributed by atoms with Crippen molar-refractivity contribution in [2.45, 2.75) is 27.2 Å². The SMILES string of the molecule is CC[C@@H]1C=C(c2ccccc2)C=CN=C1N(CC)CC. The highest BCUT2D eigenvalue weighted by Crippen LogP contribution is 2.24. The summed E-state index contributed by atoms with van der Waals surface area (Å²) in [5.74, 6) is 1.58. The minimum Gasteiger partial charge on any atom is -0.360 e. The van der Waals surface area contributed by atoms with Crippen molar-refractivity contribution in [2.24, 2.45) is 10.9 Å². The van der Waals surface area contributed by atoms with Crippen LogP contribution in [-0.4, -0.2) is 23.8 Å². The largest absolute Gasteiger partial charge is 0.360 e. The molecule has 0 aromatic heterocycles. The number of allylic oxidation sites excluding steroid dienone is 2. The van der Waals surface area contributed by atoms with Gasteiger partial charge in [-0.15, -0.1) is 0 Å². The Labute approximate surface area is 122 Å². The zero-order valence-corrected chi connectivity index (χ0v) is 12.7. The minimum absolute atomic E-state index is 0.389. The number of benzene rings is 1. The summed E-state index contributed by atoms with van der Waals surface area (Å²) in [5, 5.41) is 0. The van der Waals surface area contributed by atoms with Gasteiger partial charge in [0.05, 0.1) is 0 Å². The van der Waals surface area contributed by atoms with E-state index in [-0.39, 0.29) is 0 Å². The molecule has 106 valence electrons. The summed E-state index contributed by atoms with van der Waals surface area (Å²) < 4.78 is 0. The van der Waals surface area contributed by atoms with Crippen LogP contribution in [0.5, 0.6) is 0 Å². The van der Waals surface area contributed by atoms with Crippen LogP contribution in [0.2, 0.25) is 0 Å². The van der Waals surface area contributed by atoms with Gasteiger partial charge in [0.15, 0.2) is 0 Å². The summed E-state index contributed by atoms with van der Waals surface area (Å²) >= 11 is 0. The Morgan fingerprint density at radius 2 is 1.75 bits per heavy atom. The lowest BCUT2D eigenvalue weighted by Crippen LogP contribution is -2.35. The predicted octanol–water partition coefficient (Wildman–Crippen LogP) is 4.36. The summed E-state index contributed by atoms with van der Waals surface area (Å²) in [6, 6.07) is 10.5. The molecule has 1 aliphatic rings. The molecule has 0 fully saturated rings. The second kappa shape index (κ2) is 7.09. The molecule has 0 bridgehead atoms. The topological polar surface area (TPSA) is 15.6 Å². The normalized spacial score (nSPS) is 18.2. The number of amidine groups is 1. The molecule has 1 aromatic carbocycles. The van der Waals surface area contributed by atoms with Crippen LogP contribution in [0.25, 0.3) is 5.57 Å². The monoisotopic (exact) mass is 268 g/mol. The van der Waals surface area contributed by atoms with Gasteiger partial charge in [-0.3, -0.25) is 0 Å². The molecule has 1 heterocycles. The van der Waals surface area contributed by atoms with Crippen LogP contribution < -0.4 is 0 Å². The van der Waals surface area contributed by atoms with E-state index in [1.165, 1.54) is 17.0 Å². The third-order valence-corrected chi connectivity index (χ3v) is 3.81. The third-order valence-electron chi connectivity index (χ3n) is 3.81. The molecule has 1 aromatic rings. The summed E-state index contributed by atoms with van der Waals surface area (Å²) in [6.45, 7) is 8.63. The molecule has 0 unspecified atom stereocenters. The molecule has 0 radical (unpaired) electrons. The van der Waals surface area contributed by atoms with Crippen LogP contribution in [0.4, 0.5) is 0 Å². The van der Waals surface area contributed by atoms with Crippen LogP contribution >= 0.6 is 0 Å². The third kappa shape index (κ3) is 3.19. The van der Waals surface area contributed by atoms with Crippen molar-refractivity contribution in [2.75, 3.05) is 13.1 Å².